The van der Waals surface area contributed by atoms with Crippen molar-refractivity contribution < 1.29 is 18.7 Å². The summed E-state index contributed by atoms with van der Waals surface area (Å²) >= 11 is 1.46. The highest BCUT2D eigenvalue weighted by molar-refractivity contribution is 8.01. The molecule has 1 aromatic carbocycles. The molecule has 1 aromatic rings. The third-order valence-electron chi connectivity index (χ3n) is 2.30. The molecule has 0 aliphatic carbocycles. The average molecular weight is 299 g/mol. The second kappa shape index (κ2) is 6.74. The van der Waals surface area contributed by atoms with Crippen molar-refractivity contribution in [3.8, 4) is 0 Å². The third kappa shape index (κ3) is 5.21. The van der Waals surface area contributed by atoms with Crippen LogP contribution in [-0.2, 0) is 9.53 Å². The van der Waals surface area contributed by atoms with Gasteiger partial charge in [-0.15, -0.1) is 11.8 Å². The van der Waals surface area contributed by atoms with E-state index < -0.39 is 11.8 Å². The number of methoxy groups -OCH3 is 1. The fourth-order valence-electron chi connectivity index (χ4n) is 1.33. The molecule has 0 unspecified atom stereocenters. The van der Waals surface area contributed by atoms with E-state index in [1.165, 1.54) is 31.0 Å². The Bertz CT molecular complexity index is 512. The Kier molecular flexibility index (Phi) is 5.56. The molecule has 0 aliphatic rings. The topological polar surface area (TPSA) is 55.4 Å². The Labute approximate surface area is 122 Å². The lowest BCUT2D eigenvalue weighted by atomic mass is 10.2. The molecule has 0 saturated heterocycles. The molecule has 0 aliphatic heterocycles. The Balaban J connectivity index is 2.76. The van der Waals surface area contributed by atoms with Gasteiger partial charge in [-0.3, -0.25) is 4.79 Å². The van der Waals surface area contributed by atoms with Crippen molar-refractivity contribution in [2.45, 2.75) is 25.5 Å². The first-order valence-corrected chi connectivity index (χ1v) is 7.03. The summed E-state index contributed by atoms with van der Waals surface area (Å²) in [5.74, 6) is -1.27. The van der Waals surface area contributed by atoms with Gasteiger partial charge in [-0.1, -0.05) is 20.8 Å². The van der Waals surface area contributed by atoms with Gasteiger partial charge >= 0.3 is 5.97 Å². The number of hydrogen-bond donors (Lipinski definition) is 1. The molecule has 110 valence electrons. The summed E-state index contributed by atoms with van der Waals surface area (Å²) in [6.07, 6.45) is 0. The highest BCUT2D eigenvalue weighted by Crippen LogP contribution is 2.23. The molecular formula is C14H18FNO3S. The van der Waals surface area contributed by atoms with Crippen molar-refractivity contribution in [3.63, 3.8) is 0 Å². The number of nitrogens with one attached hydrogen (secondary N) is 1. The van der Waals surface area contributed by atoms with E-state index in [4.69, 9.17) is 0 Å². The van der Waals surface area contributed by atoms with E-state index in [-0.39, 0.29) is 27.7 Å². The summed E-state index contributed by atoms with van der Waals surface area (Å²) in [4.78, 5) is 23.1. The van der Waals surface area contributed by atoms with Gasteiger partial charge in [-0.05, 0) is 18.2 Å². The summed E-state index contributed by atoms with van der Waals surface area (Å²) < 4.78 is 18.1. The summed E-state index contributed by atoms with van der Waals surface area (Å²) in [5, 5.41) is 2.46. The molecule has 20 heavy (non-hydrogen) atoms. The van der Waals surface area contributed by atoms with Crippen LogP contribution in [0.4, 0.5) is 10.1 Å². The van der Waals surface area contributed by atoms with Gasteiger partial charge in [-0.25, -0.2) is 9.18 Å². The normalized spacial score (nSPS) is 11.1. The van der Waals surface area contributed by atoms with Crippen LogP contribution in [0, 0.1) is 5.82 Å². The molecule has 0 atom stereocenters. The first kappa shape index (κ1) is 16.5. The Morgan fingerprint density at radius 3 is 2.55 bits per heavy atom. The fourth-order valence-corrected chi connectivity index (χ4v) is 1.97. The monoisotopic (exact) mass is 299 g/mol. The predicted octanol–water partition coefficient (Wildman–Crippen LogP) is 3.08. The molecule has 1 rings (SSSR count). The molecule has 0 bridgehead atoms. The number of rotatable bonds is 4. The highest BCUT2D eigenvalue weighted by atomic mass is 32.2. The maximum atomic E-state index is 13.6. The van der Waals surface area contributed by atoms with Gasteiger partial charge in [0.1, 0.15) is 5.82 Å². The van der Waals surface area contributed by atoms with Crippen molar-refractivity contribution in [1.82, 2.24) is 0 Å². The molecule has 0 saturated carbocycles. The van der Waals surface area contributed by atoms with Crippen LogP contribution in [0.2, 0.25) is 0 Å². The number of halogens is 1. The zero-order chi connectivity index (χ0) is 15.3. The second-order valence-corrected chi connectivity index (χ2v) is 6.94. The number of ether oxygens (including phenoxy) is 1. The molecule has 1 amide bonds. The Hall–Kier alpha value is -1.56. The van der Waals surface area contributed by atoms with Crippen LogP contribution < -0.4 is 5.32 Å². The number of hydrogen-bond acceptors (Lipinski definition) is 4. The van der Waals surface area contributed by atoms with Gasteiger partial charge in [0.15, 0.2) is 0 Å². The summed E-state index contributed by atoms with van der Waals surface area (Å²) in [6.45, 7) is 5.97. The van der Waals surface area contributed by atoms with E-state index in [1.54, 1.807) is 0 Å². The molecule has 0 spiro atoms. The first-order chi connectivity index (χ1) is 9.23. The third-order valence-corrected chi connectivity index (χ3v) is 3.57. The van der Waals surface area contributed by atoms with Crippen LogP contribution in [0.15, 0.2) is 18.2 Å². The summed E-state index contributed by atoms with van der Waals surface area (Å²) in [6, 6.07) is 3.69. The van der Waals surface area contributed by atoms with Crippen LogP contribution in [0.5, 0.6) is 0 Å². The van der Waals surface area contributed by atoms with Crippen molar-refractivity contribution in [2.75, 3.05) is 18.2 Å². The molecule has 0 radical (unpaired) electrons. The predicted molar refractivity (Wildman–Crippen MR) is 78.6 cm³/mol. The van der Waals surface area contributed by atoms with Gasteiger partial charge < -0.3 is 10.1 Å². The van der Waals surface area contributed by atoms with Crippen molar-refractivity contribution >= 4 is 29.3 Å². The molecule has 4 nitrogen and oxygen atoms in total. The number of esters is 1. The zero-order valence-electron chi connectivity index (χ0n) is 12.0. The van der Waals surface area contributed by atoms with Crippen molar-refractivity contribution in [1.29, 1.82) is 0 Å². The van der Waals surface area contributed by atoms with E-state index in [2.05, 4.69) is 10.1 Å². The Morgan fingerprint density at radius 2 is 2.00 bits per heavy atom. The van der Waals surface area contributed by atoms with Crippen molar-refractivity contribution in [3.05, 3.63) is 29.6 Å². The van der Waals surface area contributed by atoms with E-state index in [9.17, 15) is 14.0 Å². The van der Waals surface area contributed by atoms with Gasteiger partial charge in [0.25, 0.3) is 0 Å². The lowest BCUT2D eigenvalue weighted by Crippen LogP contribution is -2.19. The molecule has 0 aromatic heterocycles. The van der Waals surface area contributed by atoms with E-state index >= 15 is 0 Å². The maximum absolute atomic E-state index is 13.6. The van der Waals surface area contributed by atoms with Gasteiger partial charge in [0, 0.05) is 4.75 Å². The number of carbonyl (C=O) groups excluding carboxylic acids is 2. The first-order valence-electron chi connectivity index (χ1n) is 6.04. The zero-order valence-corrected chi connectivity index (χ0v) is 12.8. The molecule has 0 heterocycles. The van der Waals surface area contributed by atoms with E-state index in [0.29, 0.717) is 0 Å². The minimum absolute atomic E-state index is 0.0209. The average Bonchev–Trinajstić information content (AvgIpc) is 2.37. The number of benzene rings is 1. The van der Waals surface area contributed by atoms with Gasteiger partial charge in [-0.2, -0.15) is 0 Å². The smallest absolute Gasteiger partial charge is 0.337 e. The molecule has 6 heteroatoms. The lowest BCUT2D eigenvalue weighted by molar-refractivity contribution is -0.113. The summed E-state index contributed by atoms with van der Waals surface area (Å²) in [5.41, 5.74) is 0.167. The van der Waals surface area contributed by atoms with Crippen molar-refractivity contribution in [2.24, 2.45) is 0 Å². The minimum Gasteiger partial charge on any atom is -0.465 e. The van der Waals surface area contributed by atoms with Crippen LogP contribution in [0.25, 0.3) is 0 Å². The van der Waals surface area contributed by atoms with E-state index in [1.807, 2.05) is 20.8 Å². The highest BCUT2D eigenvalue weighted by Gasteiger charge is 2.15. The summed E-state index contributed by atoms with van der Waals surface area (Å²) in [7, 11) is 1.24. The van der Waals surface area contributed by atoms with Crippen LogP contribution in [0.3, 0.4) is 0 Å². The van der Waals surface area contributed by atoms with Gasteiger partial charge in [0.05, 0.1) is 24.1 Å². The SMILES string of the molecule is COC(=O)c1ccc(F)c(NC(=O)CSC(C)(C)C)c1. The standard InChI is InChI=1S/C14H18FNO3S/c1-14(2,3)20-8-12(17)16-11-7-9(13(18)19-4)5-6-10(11)15/h5-7H,8H2,1-4H3,(H,16,17). The second-order valence-electron chi connectivity index (χ2n) is 5.14. The quantitative estimate of drug-likeness (QED) is 0.868. The molecule has 0 fully saturated rings. The molecule has 1 N–H and O–H groups in total. The number of amides is 1. The number of carbonyl (C=O) groups is 2. The molecular weight excluding hydrogens is 281 g/mol. The Morgan fingerprint density at radius 1 is 1.35 bits per heavy atom. The van der Waals surface area contributed by atoms with Crippen LogP contribution in [0.1, 0.15) is 31.1 Å². The largest absolute Gasteiger partial charge is 0.465 e. The van der Waals surface area contributed by atoms with Crippen LogP contribution in [-0.4, -0.2) is 29.5 Å². The van der Waals surface area contributed by atoms with E-state index in [0.717, 1.165) is 6.07 Å². The minimum atomic E-state index is -0.591. The van der Waals surface area contributed by atoms with Gasteiger partial charge in [0.2, 0.25) is 5.91 Å². The number of anilines is 1. The lowest BCUT2D eigenvalue weighted by Gasteiger charge is -2.17. The fraction of sp³-hybridized carbons (Fsp3) is 0.429. The maximum Gasteiger partial charge on any atom is 0.337 e. The number of thioether (sulfide) groups is 1. The van der Waals surface area contributed by atoms with Crippen LogP contribution >= 0.6 is 11.8 Å².